The van der Waals surface area contributed by atoms with Crippen molar-refractivity contribution < 1.29 is 9.47 Å². The van der Waals surface area contributed by atoms with E-state index in [4.69, 9.17) is 9.47 Å². The van der Waals surface area contributed by atoms with E-state index in [0.717, 1.165) is 35.8 Å². The summed E-state index contributed by atoms with van der Waals surface area (Å²) in [6.07, 6.45) is 0. The molecule has 0 radical (unpaired) electrons. The number of ether oxygens (including phenoxy) is 2. The molecule has 2 aromatic rings. The molecule has 21 heavy (non-hydrogen) atoms. The number of aryl methyl sites for hydroxylation is 2. The van der Waals surface area contributed by atoms with E-state index in [1.807, 2.05) is 36.9 Å². The fraction of sp³-hybridized carbons (Fsp3) is 0.438. The summed E-state index contributed by atoms with van der Waals surface area (Å²) in [6.45, 7) is 5.68. The van der Waals surface area contributed by atoms with Crippen molar-refractivity contribution in [1.82, 2.24) is 15.1 Å². The first-order chi connectivity index (χ1) is 10.0. The van der Waals surface area contributed by atoms with Gasteiger partial charge in [-0.3, -0.25) is 4.68 Å². The quantitative estimate of drug-likeness (QED) is 0.887. The van der Waals surface area contributed by atoms with Gasteiger partial charge in [0.15, 0.2) is 0 Å². The third-order valence-electron chi connectivity index (χ3n) is 3.70. The predicted octanol–water partition coefficient (Wildman–Crippen LogP) is 2.34. The maximum atomic E-state index is 5.28. The molecule has 0 unspecified atom stereocenters. The van der Waals surface area contributed by atoms with Crippen LogP contribution in [0.5, 0.6) is 11.5 Å². The van der Waals surface area contributed by atoms with Gasteiger partial charge >= 0.3 is 0 Å². The fourth-order valence-electron chi connectivity index (χ4n) is 2.37. The van der Waals surface area contributed by atoms with Crippen molar-refractivity contribution in [1.29, 1.82) is 0 Å². The average Bonchev–Trinajstić information content (AvgIpc) is 2.73. The van der Waals surface area contributed by atoms with Crippen LogP contribution < -0.4 is 14.8 Å². The lowest BCUT2D eigenvalue weighted by molar-refractivity contribution is 0.393. The van der Waals surface area contributed by atoms with E-state index in [2.05, 4.69) is 17.3 Å². The zero-order valence-electron chi connectivity index (χ0n) is 13.4. The molecule has 5 nitrogen and oxygen atoms in total. The molecule has 0 bridgehead atoms. The summed E-state index contributed by atoms with van der Waals surface area (Å²) in [7, 11) is 5.29. The van der Waals surface area contributed by atoms with Crippen LogP contribution in [-0.4, -0.2) is 24.0 Å². The van der Waals surface area contributed by atoms with Gasteiger partial charge in [-0.1, -0.05) is 0 Å². The highest BCUT2D eigenvalue weighted by Crippen LogP contribution is 2.22. The molecule has 0 aliphatic rings. The fourth-order valence-corrected chi connectivity index (χ4v) is 2.37. The second-order valence-electron chi connectivity index (χ2n) is 5.10. The molecule has 0 spiro atoms. The molecule has 0 amide bonds. The Morgan fingerprint density at radius 2 is 1.67 bits per heavy atom. The predicted molar refractivity (Wildman–Crippen MR) is 82.8 cm³/mol. The van der Waals surface area contributed by atoms with Crippen molar-refractivity contribution in [3.63, 3.8) is 0 Å². The summed E-state index contributed by atoms with van der Waals surface area (Å²) in [5, 5.41) is 7.88. The Balaban J connectivity index is 2.03. The second-order valence-corrected chi connectivity index (χ2v) is 5.10. The lowest BCUT2D eigenvalue weighted by Crippen LogP contribution is -2.14. The molecule has 0 atom stereocenters. The topological polar surface area (TPSA) is 48.3 Å². The lowest BCUT2D eigenvalue weighted by atomic mass is 10.1. The molecule has 1 aromatic heterocycles. The maximum absolute atomic E-state index is 5.28. The maximum Gasteiger partial charge on any atom is 0.122 e. The van der Waals surface area contributed by atoms with Crippen LogP contribution in [-0.2, 0) is 20.1 Å². The minimum atomic E-state index is 0.751. The van der Waals surface area contributed by atoms with Gasteiger partial charge in [0.25, 0.3) is 0 Å². The summed E-state index contributed by atoms with van der Waals surface area (Å²) < 4.78 is 12.5. The molecule has 0 aliphatic carbocycles. The largest absolute Gasteiger partial charge is 0.497 e. The molecular weight excluding hydrogens is 266 g/mol. The molecule has 1 aromatic carbocycles. The third-order valence-corrected chi connectivity index (χ3v) is 3.70. The van der Waals surface area contributed by atoms with E-state index >= 15 is 0 Å². The van der Waals surface area contributed by atoms with E-state index in [1.54, 1.807) is 14.2 Å². The van der Waals surface area contributed by atoms with Gasteiger partial charge in [0.2, 0.25) is 0 Å². The Morgan fingerprint density at radius 3 is 2.14 bits per heavy atom. The van der Waals surface area contributed by atoms with Crippen LogP contribution in [0.4, 0.5) is 0 Å². The van der Waals surface area contributed by atoms with Crippen LogP contribution in [0.1, 0.15) is 22.5 Å². The Morgan fingerprint density at radius 1 is 1.05 bits per heavy atom. The van der Waals surface area contributed by atoms with E-state index in [1.165, 1.54) is 11.3 Å². The minimum absolute atomic E-state index is 0.751. The molecule has 1 N–H and O–H groups in total. The number of nitrogens with one attached hydrogen (secondary N) is 1. The Kier molecular flexibility index (Phi) is 4.85. The zero-order chi connectivity index (χ0) is 15.4. The molecule has 0 saturated heterocycles. The number of hydrogen-bond acceptors (Lipinski definition) is 4. The van der Waals surface area contributed by atoms with E-state index in [0.29, 0.717) is 0 Å². The van der Waals surface area contributed by atoms with Gasteiger partial charge in [0, 0.05) is 37.5 Å². The highest BCUT2D eigenvalue weighted by molar-refractivity contribution is 5.38. The monoisotopic (exact) mass is 289 g/mol. The minimum Gasteiger partial charge on any atom is -0.497 e. The van der Waals surface area contributed by atoms with Gasteiger partial charge in [0.1, 0.15) is 11.5 Å². The highest BCUT2D eigenvalue weighted by Gasteiger charge is 2.09. The average molecular weight is 289 g/mol. The van der Waals surface area contributed by atoms with Crippen molar-refractivity contribution >= 4 is 0 Å². The first-order valence-electron chi connectivity index (χ1n) is 6.97. The van der Waals surface area contributed by atoms with Gasteiger partial charge < -0.3 is 14.8 Å². The molecule has 114 valence electrons. The normalized spacial score (nSPS) is 10.7. The van der Waals surface area contributed by atoms with Crippen molar-refractivity contribution in [3.05, 3.63) is 40.7 Å². The van der Waals surface area contributed by atoms with Crippen LogP contribution >= 0.6 is 0 Å². The summed E-state index contributed by atoms with van der Waals surface area (Å²) in [5.41, 5.74) is 4.66. The van der Waals surface area contributed by atoms with Crippen LogP contribution in [0, 0.1) is 13.8 Å². The van der Waals surface area contributed by atoms with Gasteiger partial charge in [-0.05, 0) is 31.5 Å². The van der Waals surface area contributed by atoms with Crippen molar-refractivity contribution in [3.8, 4) is 11.5 Å². The summed E-state index contributed by atoms with van der Waals surface area (Å²) >= 11 is 0. The molecular formula is C16H23N3O2. The SMILES string of the molecule is COc1cc(CNCc2c(C)nn(C)c2C)cc(OC)c1. The molecule has 2 rings (SSSR count). The second kappa shape index (κ2) is 6.63. The van der Waals surface area contributed by atoms with Crippen LogP contribution in [0.3, 0.4) is 0 Å². The molecule has 1 heterocycles. The van der Waals surface area contributed by atoms with Crippen LogP contribution in [0.2, 0.25) is 0 Å². The number of rotatable bonds is 6. The van der Waals surface area contributed by atoms with Crippen molar-refractivity contribution in [2.45, 2.75) is 26.9 Å². The van der Waals surface area contributed by atoms with Crippen LogP contribution in [0.15, 0.2) is 18.2 Å². The Hall–Kier alpha value is -2.01. The number of hydrogen-bond donors (Lipinski definition) is 1. The Bertz CT molecular complexity index is 598. The van der Waals surface area contributed by atoms with Gasteiger partial charge in [-0.25, -0.2) is 0 Å². The van der Waals surface area contributed by atoms with Gasteiger partial charge in [-0.15, -0.1) is 0 Å². The standard InChI is InChI=1S/C16H23N3O2/c1-11-16(12(2)19(3)18-11)10-17-9-13-6-14(20-4)8-15(7-13)21-5/h6-8,17H,9-10H2,1-5H3. The first kappa shape index (κ1) is 15.4. The number of aromatic nitrogens is 2. The lowest BCUT2D eigenvalue weighted by Gasteiger charge is -2.10. The Labute approximate surface area is 125 Å². The highest BCUT2D eigenvalue weighted by atomic mass is 16.5. The number of benzene rings is 1. The molecule has 5 heteroatoms. The van der Waals surface area contributed by atoms with Gasteiger partial charge in [0.05, 0.1) is 19.9 Å². The molecule has 0 saturated carbocycles. The summed E-state index contributed by atoms with van der Waals surface area (Å²) in [5.74, 6) is 1.61. The van der Waals surface area contributed by atoms with Crippen molar-refractivity contribution in [2.75, 3.05) is 14.2 Å². The van der Waals surface area contributed by atoms with E-state index < -0.39 is 0 Å². The van der Waals surface area contributed by atoms with E-state index in [-0.39, 0.29) is 0 Å². The first-order valence-corrected chi connectivity index (χ1v) is 6.97. The summed E-state index contributed by atoms with van der Waals surface area (Å²) in [6, 6.07) is 5.90. The van der Waals surface area contributed by atoms with Crippen molar-refractivity contribution in [2.24, 2.45) is 7.05 Å². The van der Waals surface area contributed by atoms with Crippen LogP contribution in [0.25, 0.3) is 0 Å². The molecule has 0 aliphatic heterocycles. The number of nitrogens with zero attached hydrogens (tertiary/aromatic N) is 2. The smallest absolute Gasteiger partial charge is 0.122 e. The summed E-state index contributed by atoms with van der Waals surface area (Å²) in [4.78, 5) is 0. The zero-order valence-corrected chi connectivity index (χ0v) is 13.4. The third kappa shape index (κ3) is 3.55. The van der Waals surface area contributed by atoms with Gasteiger partial charge in [-0.2, -0.15) is 5.10 Å². The number of methoxy groups -OCH3 is 2. The molecule has 0 fully saturated rings. The van der Waals surface area contributed by atoms with E-state index in [9.17, 15) is 0 Å².